The Morgan fingerprint density at radius 1 is 1.19 bits per heavy atom. The number of ether oxygens (including phenoxy) is 1. The van der Waals surface area contributed by atoms with E-state index in [2.05, 4.69) is 5.32 Å². The Hall–Kier alpha value is -1.90. The van der Waals surface area contributed by atoms with Gasteiger partial charge in [0.15, 0.2) is 0 Å². The molecule has 2 aromatic rings. The molecule has 1 N–H and O–H groups in total. The molecule has 146 valence electrons. The minimum Gasteiger partial charge on any atom is -0.495 e. The number of sulfonamides is 1. The quantitative estimate of drug-likeness (QED) is 0.795. The number of carbonyl (C=O) groups is 1. The fourth-order valence-corrected chi connectivity index (χ4v) is 6.12. The van der Waals surface area contributed by atoms with Crippen molar-refractivity contribution >= 4 is 33.0 Å². The normalized spacial score (nSPS) is 15.5. The largest absolute Gasteiger partial charge is 0.495 e. The topological polar surface area (TPSA) is 75.7 Å². The third-order valence-corrected chi connectivity index (χ3v) is 7.96. The van der Waals surface area contributed by atoms with E-state index in [4.69, 9.17) is 4.74 Å². The van der Waals surface area contributed by atoms with E-state index in [1.54, 1.807) is 29.6 Å². The van der Waals surface area contributed by atoms with Crippen molar-refractivity contribution in [2.45, 2.75) is 36.8 Å². The van der Waals surface area contributed by atoms with Crippen LogP contribution in [0.1, 0.15) is 29.7 Å². The van der Waals surface area contributed by atoms with Gasteiger partial charge in [0.25, 0.3) is 10.0 Å². The zero-order valence-corrected chi connectivity index (χ0v) is 17.2. The van der Waals surface area contributed by atoms with E-state index in [1.807, 2.05) is 19.1 Å². The standard InChI is InChI=1S/C19H24N2O4S2/c1-14-6-8-17(25-2)16(12-14)20-18(22)13-15-7-9-19(26-15)27(23,24)21-10-4-3-5-11-21/h6-9,12H,3-5,10-11,13H2,1-2H3,(H,20,22). The molecule has 1 fully saturated rings. The lowest BCUT2D eigenvalue weighted by Crippen LogP contribution is -2.35. The highest BCUT2D eigenvalue weighted by atomic mass is 32.2. The van der Waals surface area contributed by atoms with Gasteiger partial charge >= 0.3 is 0 Å². The second-order valence-corrected chi connectivity index (χ2v) is 9.95. The Balaban J connectivity index is 1.69. The predicted molar refractivity (Wildman–Crippen MR) is 107 cm³/mol. The van der Waals surface area contributed by atoms with Crippen LogP contribution in [-0.2, 0) is 21.2 Å². The summed E-state index contributed by atoms with van der Waals surface area (Å²) < 4.78 is 32.6. The maximum atomic E-state index is 12.7. The second kappa shape index (κ2) is 8.41. The number of methoxy groups -OCH3 is 1. The van der Waals surface area contributed by atoms with Crippen LogP contribution < -0.4 is 10.1 Å². The zero-order chi connectivity index (χ0) is 19.4. The van der Waals surface area contributed by atoms with Gasteiger partial charge in [-0.15, -0.1) is 11.3 Å². The first-order valence-electron chi connectivity index (χ1n) is 8.93. The average Bonchev–Trinajstić information content (AvgIpc) is 3.12. The molecule has 1 aromatic carbocycles. The number of carbonyl (C=O) groups excluding carboxylic acids is 1. The molecule has 0 atom stereocenters. The number of aryl methyl sites for hydroxylation is 1. The summed E-state index contributed by atoms with van der Waals surface area (Å²) in [6.07, 6.45) is 3.00. The van der Waals surface area contributed by atoms with Crippen LogP contribution in [0.15, 0.2) is 34.5 Å². The molecule has 1 amide bonds. The third-order valence-electron chi connectivity index (χ3n) is 4.51. The van der Waals surface area contributed by atoms with Crippen LogP contribution in [0.25, 0.3) is 0 Å². The molecule has 0 aliphatic carbocycles. The van der Waals surface area contributed by atoms with Crippen molar-refractivity contribution in [1.82, 2.24) is 4.31 Å². The zero-order valence-electron chi connectivity index (χ0n) is 15.5. The van der Waals surface area contributed by atoms with Gasteiger partial charge in [-0.25, -0.2) is 8.42 Å². The molecule has 1 saturated heterocycles. The SMILES string of the molecule is COc1ccc(C)cc1NC(=O)Cc1ccc(S(=O)(=O)N2CCCCC2)s1. The van der Waals surface area contributed by atoms with Crippen molar-refractivity contribution in [2.24, 2.45) is 0 Å². The van der Waals surface area contributed by atoms with E-state index in [-0.39, 0.29) is 12.3 Å². The Morgan fingerprint density at radius 2 is 1.93 bits per heavy atom. The van der Waals surface area contributed by atoms with Crippen molar-refractivity contribution in [3.05, 3.63) is 40.8 Å². The predicted octanol–water partition coefficient (Wildman–Crippen LogP) is 3.42. The second-order valence-electron chi connectivity index (χ2n) is 6.61. The molecule has 6 nitrogen and oxygen atoms in total. The first-order valence-corrected chi connectivity index (χ1v) is 11.2. The molecular formula is C19H24N2O4S2. The van der Waals surface area contributed by atoms with Crippen LogP contribution >= 0.6 is 11.3 Å². The Labute approximate surface area is 164 Å². The molecule has 8 heteroatoms. The van der Waals surface area contributed by atoms with E-state index in [1.165, 1.54) is 0 Å². The highest BCUT2D eigenvalue weighted by Gasteiger charge is 2.27. The van der Waals surface area contributed by atoms with Gasteiger partial charge in [0.2, 0.25) is 5.91 Å². The maximum absolute atomic E-state index is 12.7. The molecule has 2 heterocycles. The first-order chi connectivity index (χ1) is 12.9. The van der Waals surface area contributed by atoms with E-state index in [9.17, 15) is 13.2 Å². The molecule has 0 radical (unpaired) electrons. The summed E-state index contributed by atoms with van der Waals surface area (Å²) in [4.78, 5) is 13.1. The summed E-state index contributed by atoms with van der Waals surface area (Å²) in [5, 5.41) is 2.85. The van der Waals surface area contributed by atoms with Gasteiger partial charge in [0.05, 0.1) is 19.2 Å². The molecule has 1 aliphatic heterocycles. The van der Waals surface area contributed by atoms with Crippen molar-refractivity contribution < 1.29 is 17.9 Å². The van der Waals surface area contributed by atoms with Gasteiger partial charge < -0.3 is 10.1 Å². The molecule has 0 unspecified atom stereocenters. The van der Waals surface area contributed by atoms with Crippen LogP contribution in [0, 0.1) is 6.92 Å². The minimum absolute atomic E-state index is 0.122. The molecule has 0 bridgehead atoms. The lowest BCUT2D eigenvalue weighted by molar-refractivity contribution is -0.115. The van der Waals surface area contributed by atoms with E-state index in [0.29, 0.717) is 28.7 Å². The summed E-state index contributed by atoms with van der Waals surface area (Å²) in [6.45, 7) is 3.08. The number of amides is 1. The van der Waals surface area contributed by atoms with Crippen molar-refractivity contribution in [2.75, 3.05) is 25.5 Å². The third kappa shape index (κ3) is 4.69. The number of anilines is 1. The number of thiophene rings is 1. The summed E-state index contributed by atoms with van der Waals surface area (Å²) in [5.74, 6) is 0.385. The average molecular weight is 409 g/mol. The van der Waals surface area contributed by atoms with Gasteiger partial charge in [0, 0.05) is 18.0 Å². The van der Waals surface area contributed by atoms with Gasteiger partial charge in [0.1, 0.15) is 9.96 Å². The van der Waals surface area contributed by atoms with Gasteiger partial charge in [-0.2, -0.15) is 4.31 Å². The number of nitrogens with zero attached hydrogens (tertiary/aromatic N) is 1. The smallest absolute Gasteiger partial charge is 0.252 e. The van der Waals surface area contributed by atoms with Crippen molar-refractivity contribution in [3.8, 4) is 5.75 Å². The van der Waals surface area contributed by atoms with Crippen LogP contribution in [0.4, 0.5) is 5.69 Å². The summed E-state index contributed by atoms with van der Waals surface area (Å²) in [7, 11) is -1.90. The highest BCUT2D eigenvalue weighted by molar-refractivity contribution is 7.91. The fraction of sp³-hybridized carbons (Fsp3) is 0.421. The number of nitrogens with one attached hydrogen (secondary N) is 1. The summed E-state index contributed by atoms with van der Waals surface area (Å²) in [6, 6.07) is 8.88. The van der Waals surface area contributed by atoms with Gasteiger partial charge in [-0.05, 0) is 49.6 Å². The van der Waals surface area contributed by atoms with Crippen molar-refractivity contribution in [3.63, 3.8) is 0 Å². The number of piperidine rings is 1. The van der Waals surface area contributed by atoms with E-state index < -0.39 is 10.0 Å². The highest BCUT2D eigenvalue weighted by Crippen LogP contribution is 2.28. The molecular weight excluding hydrogens is 384 g/mol. The Kier molecular flexibility index (Phi) is 6.18. The molecule has 0 saturated carbocycles. The number of hydrogen-bond acceptors (Lipinski definition) is 5. The van der Waals surface area contributed by atoms with Crippen molar-refractivity contribution in [1.29, 1.82) is 0 Å². The minimum atomic E-state index is -3.45. The lowest BCUT2D eigenvalue weighted by atomic mass is 10.2. The Bertz CT molecular complexity index is 916. The van der Waals surface area contributed by atoms with Gasteiger partial charge in [-0.3, -0.25) is 4.79 Å². The van der Waals surface area contributed by atoms with Gasteiger partial charge in [-0.1, -0.05) is 12.5 Å². The summed E-state index contributed by atoms with van der Waals surface area (Å²) in [5.41, 5.74) is 1.62. The number of rotatable bonds is 6. The summed E-state index contributed by atoms with van der Waals surface area (Å²) >= 11 is 1.16. The fourth-order valence-electron chi connectivity index (χ4n) is 3.10. The Morgan fingerprint density at radius 3 is 2.63 bits per heavy atom. The van der Waals surface area contributed by atoms with Crippen LogP contribution in [0.3, 0.4) is 0 Å². The van der Waals surface area contributed by atoms with E-state index >= 15 is 0 Å². The molecule has 0 spiro atoms. The van der Waals surface area contributed by atoms with Crippen LogP contribution in [0.2, 0.25) is 0 Å². The van der Waals surface area contributed by atoms with Crippen LogP contribution in [0.5, 0.6) is 5.75 Å². The monoisotopic (exact) mass is 408 g/mol. The maximum Gasteiger partial charge on any atom is 0.252 e. The number of hydrogen-bond donors (Lipinski definition) is 1. The molecule has 1 aromatic heterocycles. The lowest BCUT2D eigenvalue weighted by Gasteiger charge is -2.25. The van der Waals surface area contributed by atoms with Crippen LogP contribution in [-0.4, -0.2) is 38.8 Å². The molecule has 3 rings (SSSR count). The number of benzene rings is 1. The molecule has 27 heavy (non-hydrogen) atoms. The van der Waals surface area contributed by atoms with E-state index in [0.717, 1.165) is 41.0 Å². The first kappa shape index (κ1) is 19.9. The molecule has 1 aliphatic rings.